The van der Waals surface area contributed by atoms with Crippen molar-refractivity contribution >= 4 is 43.9 Å². The fourth-order valence-electron chi connectivity index (χ4n) is 5.03. The molecular weight excluding hydrogens is 476 g/mol. The minimum atomic E-state index is 0.0331. The van der Waals surface area contributed by atoms with Gasteiger partial charge in [-0.3, -0.25) is 14.6 Å². The summed E-state index contributed by atoms with van der Waals surface area (Å²) in [5.41, 5.74) is 5.53. The first-order chi connectivity index (χ1) is 18.1. The van der Waals surface area contributed by atoms with Crippen LogP contribution in [0.5, 0.6) is 0 Å². The van der Waals surface area contributed by atoms with E-state index in [1.54, 1.807) is 11.3 Å². The van der Waals surface area contributed by atoms with Crippen LogP contribution in [-0.2, 0) is 11.3 Å². The van der Waals surface area contributed by atoms with Crippen molar-refractivity contribution in [3.8, 4) is 10.6 Å². The van der Waals surface area contributed by atoms with Gasteiger partial charge in [0.2, 0.25) is 5.91 Å². The third-order valence-corrected chi connectivity index (χ3v) is 8.13. The number of aryl methyl sites for hydroxylation is 1. The number of hydrogen-bond donors (Lipinski definition) is 1. The number of thiazole rings is 1. The Morgan fingerprint density at radius 2 is 1.65 bits per heavy atom. The number of nitrogens with one attached hydrogen (secondary N) is 1. The number of amides is 1. The van der Waals surface area contributed by atoms with E-state index in [0.717, 1.165) is 54.5 Å². The van der Waals surface area contributed by atoms with Gasteiger partial charge in [0.15, 0.2) is 0 Å². The van der Waals surface area contributed by atoms with Crippen LogP contribution >= 0.6 is 11.3 Å². The van der Waals surface area contributed by atoms with Gasteiger partial charge in [0.1, 0.15) is 5.01 Å². The maximum absolute atomic E-state index is 12.7. The molecule has 37 heavy (non-hydrogen) atoms. The SMILES string of the molecule is Cc1ccc2nc(-c3ccc(NC(=O)CN4CCN(Cc5cccc6ccccc56)CC4)cc3)sc2c1. The smallest absolute Gasteiger partial charge is 0.238 e. The molecule has 0 spiro atoms. The Bertz CT molecular complexity index is 1550. The van der Waals surface area contributed by atoms with E-state index in [1.165, 1.54) is 26.6 Å². The number of benzene rings is 4. The number of aromatic nitrogens is 1. The molecule has 5 nitrogen and oxygen atoms in total. The normalized spacial score (nSPS) is 14.8. The summed E-state index contributed by atoms with van der Waals surface area (Å²) in [6.07, 6.45) is 0. The minimum absolute atomic E-state index is 0.0331. The van der Waals surface area contributed by atoms with Gasteiger partial charge in [0, 0.05) is 44.0 Å². The highest BCUT2D eigenvalue weighted by Crippen LogP contribution is 2.31. The Hall–Kier alpha value is -3.58. The molecule has 0 unspecified atom stereocenters. The van der Waals surface area contributed by atoms with Crippen molar-refractivity contribution in [2.45, 2.75) is 13.5 Å². The van der Waals surface area contributed by atoms with Crippen LogP contribution in [0, 0.1) is 6.92 Å². The van der Waals surface area contributed by atoms with E-state index in [9.17, 15) is 4.79 Å². The van der Waals surface area contributed by atoms with E-state index < -0.39 is 0 Å². The van der Waals surface area contributed by atoms with Gasteiger partial charge in [-0.2, -0.15) is 0 Å². The molecule has 0 atom stereocenters. The van der Waals surface area contributed by atoms with E-state index in [1.807, 2.05) is 24.3 Å². The molecule has 1 saturated heterocycles. The summed E-state index contributed by atoms with van der Waals surface area (Å²) >= 11 is 1.70. The van der Waals surface area contributed by atoms with Gasteiger partial charge in [-0.05, 0) is 65.2 Å². The summed E-state index contributed by atoms with van der Waals surface area (Å²) in [5.74, 6) is 0.0331. The van der Waals surface area contributed by atoms with Crippen LogP contribution in [0.15, 0.2) is 84.9 Å². The fourth-order valence-corrected chi connectivity index (χ4v) is 6.10. The molecule has 0 bridgehead atoms. The Morgan fingerprint density at radius 1 is 0.892 bits per heavy atom. The van der Waals surface area contributed by atoms with Crippen LogP contribution in [-0.4, -0.2) is 53.4 Å². The number of carbonyl (C=O) groups excluding carboxylic acids is 1. The van der Waals surface area contributed by atoms with Crippen molar-refractivity contribution in [2.75, 3.05) is 38.0 Å². The molecule has 0 aliphatic carbocycles. The lowest BCUT2D eigenvalue weighted by molar-refractivity contribution is -0.117. The van der Waals surface area contributed by atoms with Crippen LogP contribution in [0.2, 0.25) is 0 Å². The number of anilines is 1. The van der Waals surface area contributed by atoms with Crippen LogP contribution in [0.1, 0.15) is 11.1 Å². The molecule has 1 fully saturated rings. The van der Waals surface area contributed by atoms with E-state index in [0.29, 0.717) is 6.54 Å². The van der Waals surface area contributed by atoms with E-state index >= 15 is 0 Å². The van der Waals surface area contributed by atoms with Crippen molar-refractivity contribution in [3.63, 3.8) is 0 Å². The highest BCUT2D eigenvalue weighted by Gasteiger charge is 2.19. The zero-order valence-electron chi connectivity index (χ0n) is 21.0. The second-order valence-electron chi connectivity index (χ2n) is 9.81. The van der Waals surface area contributed by atoms with E-state index in [4.69, 9.17) is 4.98 Å². The van der Waals surface area contributed by atoms with Crippen LogP contribution in [0.3, 0.4) is 0 Å². The number of hydrogen-bond acceptors (Lipinski definition) is 5. The summed E-state index contributed by atoms with van der Waals surface area (Å²) in [6, 6.07) is 29.5. The molecule has 1 aliphatic heterocycles. The molecule has 1 amide bonds. The van der Waals surface area contributed by atoms with Gasteiger partial charge in [-0.1, -0.05) is 48.5 Å². The Kier molecular flexibility index (Phi) is 6.70. The summed E-state index contributed by atoms with van der Waals surface area (Å²) in [5, 5.41) is 6.68. The highest BCUT2D eigenvalue weighted by molar-refractivity contribution is 7.21. The largest absolute Gasteiger partial charge is 0.325 e. The van der Waals surface area contributed by atoms with Gasteiger partial charge in [-0.25, -0.2) is 4.98 Å². The second-order valence-corrected chi connectivity index (χ2v) is 10.8. The quantitative estimate of drug-likeness (QED) is 0.299. The maximum Gasteiger partial charge on any atom is 0.238 e. The van der Waals surface area contributed by atoms with Gasteiger partial charge >= 0.3 is 0 Å². The van der Waals surface area contributed by atoms with E-state index in [-0.39, 0.29) is 5.91 Å². The molecule has 4 aromatic carbocycles. The zero-order chi connectivity index (χ0) is 25.2. The Balaban J connectivity index is 1.01. The molecule has 1 aromatic heterocycles. The topological polar surface area (TPSA) is 48.5 Å². The maximum atomic E-state index is 12.7. The predicted molar refractivity (Wildman–Crippen MR) is 154 cm³/mol. The number of nitrogens with zero attached hydrogens (tertiary/aromatic N) is 3. The average molecular weight is 507 g/mol. The summed E-state index contributed by atoms with van der Waals surface area (Å²) in [4.78, 5) is 22.2. The Labute approximate surface area is 221 Å². The molecular formula is C31H30N4OS. The minimum Gasteiger partial charge on any atom is -0.325 e. The van der Waals surface area contributed by atoms with Gasteiger partial charge in [-0.15, -0.1) is 11.3 Å². The lowest BCUT2D eigenvalue weighted by Crippen LogP contribution is -2.48. The van der Waals surface area contributed by atoms with Crippen molar-refractivity contribution < 1.29 is 4.79 Å². The predicted octanol–water partition coefficient (Wildman–Crippen LogP) is 6.18. The molecule has 6 heteroatoms. The van der Waals surface area contributed by atoms with Gasteiger partial charge in [0.25, 0.3) is 0 Å². The number of fused-ring (bicyclic) bond motifs is 2. The third kappa shape index (κ3) is 5.42. The monoisotopic (exact) mass is 506 g/mol. The first-order valence-corrected chi connectivity index (χ1v) is 13.6. The first kappa shape index (κ1) is 23.8. The number of carbonyl (C=O) groups is 1. The first-order valence-electron chi connectivity index (χ1n) is 12.8. The van der Waals surface area contributed by atoms with Crippen molar-refractivity contribution in [2.24, 2.45) is 0 Å². The third-order valence-electron chi connectivity index (χ3n) is 7.07. The van der Waals surface area contributed by atoms with Crippen molar-refractivity contribution in [3.05, 3.63) is 96.1 Å². The lowest BCUT2D eigenvalue weighted by Gasteiger charge is -2.34. The van der Waals surface area contributed by atoms with Crippen molar-refractivity contribution in [1.82, 2.24) is 14.8 Å². The summed E-state index contributed by atoms with van der Waals surface area (Å²) in [6.45, 7) is 7.19. The number of rotatable bonds is 6. The number of piperazine rings is 1. The highest BCUT2D eigenvalue weighted by atomic mass is 32.1. The zero-order valence-corrected chi connectivity index (χ0v) is 21.8. The molecule has 1 aliphatic rings. The average Bonchev–Trinajstić information content (AvgIpc) is 3.34. The molecule has 0 radical (unpaired) electrons. The van der Waals surface area contributed by atoms with Crippen LogP contribution < -0.4 is 5.32 Å². The van der Waals surface area contributed by atoms with Crippen molar-refractivity contribution in [1.29, 1.82) is 0 Å². The molecule has 6 rings (SSSR count). The van der Waals surface area contributed by atoms with Crippen LogP contribution in [0.4, 0.5) is 5.69 Å². The van der Waals surface area contributed by atoms with Gasteiger partial charge < -0.3 is 5.32 Å². The molecule has 186 valence electrons. The van der Waals surface area contributed by atoms with Crippen LogP contribution in [0.25, 0.3) is 31.6 Å². The van der Waals surface area contributed by atoms with E-state index in [2.05, 4.69) is 82.7 Å². The molecule has 5 aromatic rings. The lowest BCUT2D eigenvalue weighted by atomic mass is 10.0. The summed E-state index contributed by atoms with van der Waals surface area (Å²) in [7, 11) is 0. The Morgan fingerprint density at radius 3 is 2.49 bits per heavy atom. The standard InChI is InChI=1S/C31H30N4OS/c1-22-9-14-28-29(19-22)37-31(33-28)24-10-12-26(13-11-24)32-30(36)21-35-17-15-34(16-18-35)20-25-7-4-6-23-5-2-3-8-27(23)25/h2-14,19H,15-18,20-21H2,1H3,(H,32,36). The molecule has 0 saturated carbocycles. The van der Waals surface area contributed by atoms with Gasteiger partial charge in [0.05, 0.1) is 16.8 Å². The molecule has 1 N–H and O–H groups in total. The second kappa shape index (κ2) is 10.4. The molecule has 2 heterocycles. The fraction of sp³-hybridized carbons (Fsp3) is 0.226. The summed E-state index contributed by atoms with van der Waals surface area (Å²) < 4.78 is 1.20.